The highest BCUT2D eigenvalue weighted by Gasteiger charge is 2.10. The number of benzene rings is 1. The van der Waals surface area contributed by atoms with Gasteiger partial charge in [0.25, 0.3) is 0 Å². The van der Waals surface area contributed by atoms with Gasteiger partial charge in [0.1, 0.15) is 11.3 Å². The summed E-state index contributed by atoms with van der Waals surface area (Å²) in [6, 6.07) is 6.37. The van der Waals surface area contributed by atoms with Crippen LogP contribution in [-0.2, 0) is 14.3 Å². The van der Waals surface area contributed by atoms with Gasteiger partial charge >= 0.3 is 11.9 Å². The Kier molecular flexibility index (Phi) is 14.2. The Morgan fingerprint density at radius 2 is 1.44 bits per heavy atom. The molecule has 142 valence electrons. The van der Waals surface area contributed by atoms with Crippen molar-refractivity contribution in [3.05, 3.63) is 29.8 Å². The molecule has 1 rings (SSSR count). The average molecular weight is 352 g/mol. The molecule has 25 heavy (non-hydrogen) atoms. The van der Waals surface area contributed by atoms with Gasteiger partial charge in [0.15, 0.2) is 0 Å². The number of carbonyl (C=O) groups is 2. The third kappa shape index (κ3) is 12.0. The number of hydrogen-bond donors (Lipinski definition) is 1. The Bertz CT molecular complexity index is 485. The number of hydrogen-bond acceptors (Lipinski definition) is 5. The molecule has 5 nitrogen and oxygen atoms in total. The molecule has 0 amide bonds. The zero-order valence-electron chi connectivity index (χ0n) is 15.8. The van der Waals surface area contributed by atoms with Crippen LogP contribution in [0.15, 0.2) is 24.3 Å². The first-order chi connectivity index (χ1) is 12.1. The molecule has 0 bridgehead atoms. The summed E-state index contributed by atoms with van der Waals surface area (Å²) in [6.07, 6.45) is 6.49. The summed E-state index contributed by atoms with van der Waals surface area (Å²) in [5.41, 5.74) is 0.226. The molecular formula is C20H32O5. The van der Waals surface area contributed by atoms with E-state index < -0.39 is 5.97 Å². The van der Waals surface area contributed by atoms with Gasteiger partial charge in [-0.2, -0.15) is 0 Å². The van der Waals surface area contributed by atoms with Crippen LogP contribution < -0.4 is 0 Å². The minimum atomic E-state index is -0.462. The van der Waals surface area contributed by atoms with Crippen molar-refractivity contribution in [3.8, 4) is 5.75 Å². The van der Waals surface area contributed by atoms with Crippen LogP contribution in [0.4, 0.5) is 0 Å². The Hall–Kier alpha value is -2.04. The van der Waals surface area contributed by atoms with Gasteiger partial charge in [0.2, 0.25) is 0 Å². The monoisotopic (exact) mass is 352 g/mol. The molecule has 1 aromatic carbocycles. The maximum absolute atomic E-state index is 11.4. The molecule has 0 aliphatic carbocycles. The van der Waals surface area contributed by atoms with Crippen LogP contribution in [0.2, 0.25) is 0 Å². The van der Waals surface area contributed by atoms with E-state index in [2.05, 4.69) is 13.8 Å². The second-order valence-corrected chi connectivity index (χ2v) is 5.68. The lowest BCUT2D eigenvalue weighted by molar-refractivity contribution is -0.143. The molecule has 0 atom stereocenters. The van der Waals surface area contributed by atoms with Crippen LogP contribution in [-0.4, -0.2) is 30.3 Å². The number of para-hydroxylation sites is 1. The third-order valence-corrected chi connectivity index (χ3v) is 3.35. The normalized spacial score (nSPS) is 9.72. The lowest BCUT2D eigenvalue weighted by atomic mass is 10.2. The Morgan fingerprint density at radius 3 is 2.00 bits per heavy atom. The average Bonchev–Trinajstić information content (AvgIpc) is 2.61. The van der Waals surface area contributed by atoms with Crippen LogP contribution in [0.1, 0.15) is 76.1 Å². The van der Waals surface area contributed by atoms with E-state index >= 15 is 0 Å². The molecule has 0 unspecified atom stereocenters. The Morgan fingerprint density at radius 1 is 0.880 bits per heavy atom. The van der Waals surface area contributed by atoms with Crippen LogP contribution in [0.3, 0.4) is 0 Å². The molecule has 0 fully saturated rings. The summed E-state index contributed by atoms with van der Waals surface area (Å²) in [5.74, 6) is -0.536. The third-order valence-electron chi connectivity index (χ3n) is 3.35. The second kappa shape index (κ2) is 15.5. The summed E-state index contributed by atoms with van der Waals surface area (Å²) in [7, 11) is 0. The lowest BCUT2D eigenvalue weighted by Gasteiger charge is -2.04. The van der Waals surface area contributed by atoms with E-state index in [4.69, 9.17) is 9.47 Å². The highest BCUT2D eigenvalue weighted by Crippen LogP contribution is 2.16. The predicted octanol–water partition coefficient (Wildman–Crippen LogP) is 4.87. The van der Waals surface area contributed by atoms with E-state index in [-0.39, 0.29) is 17.3 Å². The zero-order chi connectivity index (χ0) is 18.9. The van der Waals surface area contributed by atoms with Gasteiger partial charge in [-0.3, -0.25) is 4.79 Å². The Labute approximate surface area is 151 Å². The lowest BCUT2D eigenvalue weighted by Crippen LogP contribution is -2.06. The molecule has 0 saturated heterocycles. The summed E-state index contributed by atoms with van der Waals surface area (Å²) in [4.78, 5) is 22.2. The van der Waals surface area contributed by atoms with Gasteiger partial charge in [-0.25, -0.2) is 4.79 Å². The minimum absolute atomic E-state index is 0.0333. The van der Waals surface area contributed by atoms with E-state index in [1.807, 2.05) is 6.92 Å². The van der Waals surface area contributed by atoms with Gasteiger partial charge in [-0.15, -0.1) is 0 Å². The maximum atomic E-state index is 11.4. The first-order valence-corrected chi connectivity index (χ1v) is 9.17. The molecule has 0 heterocycles. The molecule has 1 N–H and O–H groups in total. The number of phenols is 1. The van der Waals surface area contributed by atoms with Gasteiger partial charge in [-0.1, -0.05) is 52.2 Å². The number of ether oxygens (including phenoxy) is 2. The highest BCUT2D eigenvalue weighted by molar-refractivity contribution is 5.92. The fourth-order valence-electron chi connectivity index (χ4n) is 1.76. The fraction of sp³-hybridized carbons (Fsp3) is 0.600. The van der Waals surface area contributed by atoms with Gasteiger partial charge in [-0.05, 0) is 31.4 Å². The second-order valence-electron chi connectivity index (χ2n) is 5.68. The number of aromatic hydroxyl groups is 1. The first kappa shape index (κ1) is 23.0. The van der Waals surface area contributed by atoms with Crippen molar-refractivity contribution in [2.75, 3.05) is 13.2 Å². The SMILES string of the molecule is CCCCOC(=O)CCCC.CCCCOC(=O)c1ccccc1O. The van der Waals surface area contributed by atoms with Crippen LogP contribution in [0, 0.1) is 0 Å². The first-order valence-electron chi connectivity index (χ1n) is 9.17. The molecule has 5 heteroatoms. The smallest absolute Gasteiger partial charge is 0.341 e. The molecular weight excluding hydrogens is 320 g/mol. The molecule has 1 aromatic rings. The van der Waals surface area contributed by atoms with Crippen molar-refractivity contribution in [3.63, 3.8) is 0 Å². The number of rotatable bonds is 10. The van der Waals surface area contributed by atoms with E-state index in [1.54, 1.807) is 18.2 Å². The summed E-state index contributed by atoms with van der Waals surface area (Å²) in [6.45, 7) is 7.18. The number of carbonyl (C=O) groups excluding carboxylic acids is 2. The minimum Gasteiger partial charge on any atom is -0.507 e. The topological polar surface area (TPSA) is 72.8 Å². The fourth-order valence-corrected chi connectivity index (χ4v) is 1.76. The summed E-state index contributed by atoms with van der Waals surface area (Å²) in [5, 5.41) is 9.34. The van der Waals surface area contributed by atoms with Crippen LogP contribution in [0.5, 0.6) is 5.75 Å². The van der Waals surface area contributed by atoms with Gasteiger partial charge < -0.3 is 14.6 Å². The molecule has 0 aromatic heterocycles. The van der Waals surface area contributed by atoms with Crippen molar-refractivity contribution >= 4 is 11.9 Å². The van der Waals surface area contributed by atoms with E-state index in [1.165, 1.54) is 6.07 Å². The van der Waals surface area contributed by atoms with E-state index in [9.17, 15) is 14.7 Å². The molecule has 0 radical (unpaired) electrons. The summed E-state index contributed by atoms with van der Waals surface area (Å²) >= 11 is 0. The molecule has 0 saturated carbocycles. The van der Waals surface area contributed by atoms with Crippen molar-refractivity contribution in [2.45, 2.75) is 65.7 Å². The maximum Gasteiger partial charge on any atom is 0.341 e. The van der Waals surface area contributed by atoms with Crippen molar-refractivity contribution < 1.29 is 24.2 Å². The van der Waals surface area contributed by atoms with Gasteiger partial charge in [0.05, 0.1) is 13.2 Å². The largest absolute Gasteiger partial charge is 0.507 e. The van der Waals surface area contributed by atoms with Crippen molar-refractivity contribution in [1.29, 1.82) is 0 Å². The number of esters is 2. The number of unbranched alkanes of at least 4 members (excludes halogenated alkanes) is 3. The molecule has 0 aliphatic rings. The van der Waals surface area contributed by atoms with Gasteiger partial charge in [0, 0.05) is 6.42 Å². The van der Waals surface area contributed by atoms with E-state index in [0.29, 0.717) is 19.6 Å². The Balaban J connectivity index is 0.000000477. The predicted molar refractivity (Wildman–Crippen MR) is 98.7 cm³/mol. The quantitative estimate of drug-likeness (QED) is 0.480. The van der Waals surface area contributed by atoms with Crippen molar-refractivity contribution in [2.24, 2.45) is 0 Å². The number of phenolic OH excluding ortho intramolecular Hbond substituents is 1. The zero-order valence-corrected chi connectivity index (χ0v) is 15.8. The standard InChI is InChI=1S/C11H14O3.C9H18O2/c1-2-3-8-14-11(13)9-6-4-5-7-10(9)12;1-3-5-7-9(10)11-8-6-4-2/h4-7,12H,2-3,8H2,1H3;3-8H2,1-2H3. The highest BCUT2D eigenvalue weighted by atomic mass is 16.5. The van der Waals surface area contributed by atoms with Crippen molar-refractivity contribution in [1.82, 2.24) is 0 Å². The van der Waals surface area contributed by atoms with E-state index in [0.717, 1.165) is 38.5 Å². The molecule has 0 aliphatic heterocycles. The van der Waals surface area contributed by atoms with Crippen LogP contribution in [0.25, 0.3) is 0 Å². The van der Waals surface area contributed by atoms with Crippen LogP contribution >= 0.6 is 0 Å². The summed E-state index contributed by atoms with van der Waals surface area (Å²) < 4.78 is 9.90. The molecule has 0 spiro atoms.